The van der Waals surface area contributed by atoms with Crippen molar-refractivity contribution in [2.45, 2.75) is 13.0 Å². The zero-order chi connectivity index (χ0) is 16.5. The third-order valence-corrected chi connectivity index (χ3v) is 4.56. The molecule has 1 aliphatic rings. The molecule has 0 fully saturated rings. The van der Waals surface area contributed by atoms with Crippen molar-refractivity contribution in [1.29, 1.82) is 0 Å². The summed E-state index contributed by atoms with van der Waals surface area (Å²) in [5.74, 6) is 2.06. The molecule has 1 N–H and O–H groups in total. The van der Waals surface area contributed by atoms with Crippen molar-refractivity contribution in [2.24, 2.45) is 4.99 Å². The third kappa shape index (κ3) is 3.06. The molecule has 0 saturated heterocycles. The van der Waals surface area contributed by atoms with E-state index in [9.17, 15) is 0 Å². The van der Waals surface area contributed by atoms with Gasteiger partial charge in [0.2, 0.25) is 5.82 Å². The Bertz CT molecular complexity index is 884. The Kier molecular flexibility index (Phi) is 4.05. The van der Waals surface area contributed by atoms with Gasteiger partial charge in [-0.25, -0.2) is 0 Å². The smallest absolute Gasteiger partial charge is 0.258 e. The van der Waals surface area contributed by atoms with Crippen LogP contribution in [0, 0.1) is 3.57 Å². The highest BCUT2D eigenvalue weighted by Gasteiger charge is 2.15. The van der Waals surface area contributed by atoms with E-state index in [2.05, 4.69) is 50.0 Å². The molecule has 0 radical (unpaired) electrons. The first kappa shape index (κ1) is 15.3. The van der Waals surface area contributed by atoms with Crippen LogP contribution < -0.4 is 5.32 Å². The summed E-state index contributed by atoms with van der Waals surface area (Å²) in [5, 5.41) is 7.45. The van der Waals surface area contributed by atoms with Crippen molar-refractivity contribution in [3.05, 3.63) is 57.7 Å². The van der Waals surface area contributed by atoms with Gasteiger partial charge in [-0.3, -0.25) is 4.99 Å². The highest BCUT2D eigenvalue weighted by Crippen LogP contribution is 2.23. The molecule has 0 spiro atoms. The maximum absolute atomic E-state index is 5.39. The van der Waals surface area contributed by atoms with Crippen LogP contribution in [0.4, 0.5) is 0 Å². The van der Waals surface area contributed by atoms with E-state index in [1.807, 2.05) is 48.5 Å². The summed E-state index contributed by atoms with van der Waals surface area (Å²) < 4.78 is 6.56. The van der Waals surface area contributed by atoms with Crippen molar-refractivity contribution in [3.63, 3.8) is 0 Å². The number of nitrogens with zero attached hydrogens (tertiary/aromatic N) is 3. The highest BCUT2D eigenvalue weighted by molar-refractivity contribution is 14.1. The van der Waals surface area contributed by atoms with E-state index >= 15 is 0 Å². The van der Waals surface area contributed by atoms with E-state index in [4.69, 9.17) is 4.52 Å². The number of rotatable bonds is 3. The van der Waals surface area contributed by atoms with Crippen LogP contribution in [0.2, 0.25) is 0 Å². The van der Waals surface area contributed by atoms with Gasteiger partial charge in [0, 0.05) is 26.3 Å². The number of benzene rings is 2. The number of amidine groups is 1. The lowest BCUT2D eigenvalue weighted by molar-refractivity contribution is 0.432. The molecule has 0 bridgehead atoms. The number of aliphatic imine (C=N–C) groups is 1. The maximum Gasteiger partial charge on any atom is 0.258 e. The van der Waals surface area contributed by atoms with Crippen molar-refractivity contribution in [2.75, 3.05) is 6.54 Å². The van der Waals surface area contributed by atoms with Gasteiger partial charge in [-0.1, -0.05) is 29.4 Å². The molecule has 1 aromatic heterocycles. The van der Waals surface area contributed by atoms with Crippen LogP contribution in [0.5, 0.6) is 0 Å². The minimum atomic E-state index is 0.397. The summed E-state index contributed by atoms with van der Waals surface area (Å²) in [4.78, 5) is 8.99. The zero-order valence-corrected chi connectivity index (χ0v) is 15.2. The largest absolute Gasteiger partial charge is 0.366 e. The first-order valence-corrected chi connectivity index (χ1v) is 8.78. The quantitative estimate of drug-likeness (QED) is 0.644. The van der Waals surface area contributed by atoms with Crippen LogP contribution in [-0.2, 0) is 0 Å². The van der Waals surface area contributed by atoms with Gasteiger partial charge in [0.1, 0.15) is 5.84 Å². The average Bonchev–Trinajstić information content (AvgIpc) is 3.25. The van der Waals surface area contributed by atoms with Crippen molar-refractivity contribution >= 4 is 28.4 Å². The maximum atomic E-state index is 5.39. The first-order chi connectivity index (χ1) is 11.7. The Labute approximate surface area is 153 Å². The number of hydrogen-bond donors (Lipinski definition) is 1. The molecule has 1 atom stereocenters. The van der Waals surface area contributed by atoms with Gasteiger partial charge in [0.05, 0.1) is 6.54 Å². The number of aromatic nitrogens is 2. The van der Waals surface area contributed by atoms with E-state index in [1.165, 1.54) is 3.57 Å². The number of hydrogen-bond acceptors (Lipinski definition) is 5. The Morgan fingerprint density at radius 1 is 1.00 bits per heavy atom. The second-order valence-corrected chi connectivity index (χ2v) is 6.99. The fourth-order valence-electron chi connectivity index (χ4n) is 2.56. The van der Waals surface area contributed by atoms with Crippen LogP contribution in [-0.4, -0.2) is 28.6 Å². The van der Waals surface area contributed by atoms with Crippen LogP contribution in [0.1, 0.15) is 12.5 Å². The Balaban J connectivity index is 1.57. The van der Waals surface area contributed by atoms with E-state index in [1.54, 1.807) is 0 Å². The van der Waals surface area contributed by atoms with Crippen LogP contribution in [0.25, 0.3) is 22.8 Å². The lowest BCUT2D eigenvalue weighted by Crippen LogP contribution is -2.27. The molecule has 2 aromatic carbocycles. The summed E-state index contributed by atoms with van der Waals surface area (Å²) >= 11 is 2.27. The lowest BCUT2D eigenvalue weighted by Gasteiger charge is -2.06. The molecule has 6 heteroatoms. The van der Waals surface area contributed by atoms with Crippen LogP contribution in [0.3, 0.4) is 0 Å². The molecule has 4 rings (SSSR count). The highest BCUT2D eigenvalue weighted by atomic mass is 127. The molecule has 1 aliphatic heterocycles. The summed E-state index contributed by atoms with van der Waals surface area (Å²) in [5.41, 5.74) is 2.92. The molecule has 0 saturated carbocycles. The predicted octanol–water partition coefficient (Wildman–Crippen LogP) is 3.75. The monoisotopic (exact) mass is 430 g/mol. The van der Waals surface area contributed by atoms with Crippen LogP contribution >= 0.6 is 22.6 Å². The Morgan fingerprint density at radius 3 is 2.33 bits per heavy atom. The van der Waals surface area contributed by atoms with Gasteiger partial charge in [-0.2, -0.15) is 4.98 Å². The fraction of sp³-hybridized carbons (Fsp3) is 0.167. The first-order valence-electron chi connectivity index (χ1n) is 7.70. The minimum absolute atomic E-state index is 0.397. The SMILES string of the molecule is CC1CN=C(c2ccc(-c3noc(-c4ccc(I)cc4)n3)cc2)N1. The van der Waals surface area contributed by atoms with E-state index in [0.29, 0.717) is 17.8 Å². The molecule has 2 heterocycles. The molecule has 0 aliphatic carbocycles. The summed E-state index contributed by atoms with van der Waals surface area (Å²) in [6.07, 6.45) is 0. The van der Waals surface area contributed by atoms with Gasteiger partial charge < -0.3 is 9.84 Å². The van der Waals surface area contributed by atoms with Crippen molar-refractivity contribution < 1.29 is 4.52 Å². The number of halogens is 1. The molecule has 0 amide bonds. The van der Waals surface area contributed by atoms with E-state index < -0.39 is 0 Å². The topological polar surface area (TPSA) is 63.3 Å². The van der Waals surface area contributed by atoms with E-state index in [0.717, 1.165) is 29.1 Å². The Hall–Kier alpha value is -2.22. The molecule has 3 aromatic rings. The van der Waals surface area contributed by atoms with Crippen molar-refractivity contribution in [3.8, 4) is 22.8 Å². The molecule has 5 nitrogen and oxygen atoms in total. The van der Waals surface area contributed by atoms with Gasteiger partial charge in [-0.15, -0.1) is 0 Å². The zero-order valence-electron chi connectivity index (χ0n) is 13.0. The molecule has 120 valence electrons. The molecular weight excluding hydrogens is 415 g/mol. The predicted molar refractivity (Wildman–Crippen MR) is 102 cm³/mol. The summed E-state index contributed by atoms with van der Waals surface area (Å²) in [6, 6.07) is 16.4. The average molecular weight is 430 g/mol. The normalized spacial score (nSPS) is 16.8. The Morgan fingerprint density at radius 2 is 1.67 bits per heavy atom. The minimum Gasteiger partial charge on any atom is -0.366 e. The van der Waals surface area contributed by atoms with Gasteiger partial charge in [0.15, 0.2) is 0 Å². The molecule has 1 unspecified atom stereocenters. The lowest BCUT2D eigenvalue weighted by atomic mass is 10.1. The second kappa shape index (κ2) is 6.35. The van der Waals surface area contributed by atoms with Gasteiger partial charge in [-0.05, 0) is 53.8 Å². The number of nitrogens with one attached hydrogen (secondary N) is 1. The van der Waals surface area contributed by atoms with Crippen molar-refractivity contribution in [1.82, 2.24) is 15.5 Å². The standard InChI is InChI=1S/C18H15IN4O/c1-11-10-20-16(21-11)12-2-4-13(5-3-12)17-22-18(24-23-17)14-6-8-15(19)9-7-14/h2-9,11H,10H2,1H3,(H,20,21). The van der Waals surface area contributed by atoms with Gasteiger partial charge >= 0.3 is 0 Å². The molecular formula is C18H15IN4O. The summed E-state index contributed by atoms with van der Waals surface area (Å²) in [7, 11) is 0. The summed E-state index contributed by atoms with van der Waals surface area (Å²) in [6.45, 7) is 2.94. The van der Waals surface area contributed by atoms with E-state index in [-0.39, 0.29) is 0 Å². The molecule has 24 heavy (non-hydrogen) atoms. The third-order valence-electron chi connectivity index (χ3n) is 3.84. The fourth-order valence-corrected chi connectivity index (χ4v) is 2.91. The van der Waals surface area contributed by atoms with Gasteiger partial charge in [0.25, 0.3) is 5.89 Å². The van der Waals surface area contributed by atoms with Crippen LogP contribution in [0.15, 0.2) is 58.0 Å². The second-order valence-electron chi connectivity index (χ2n) is 5.74.